The molecule has 362 valence electrons. The predicted molar refractivity (Wildman–Crippen MR) is 240 cm³/mol. The molecule has 1 aliphatic carbocycles. The summed E-state index contributed by atoms with van der Waals surface area (Å²) in [5, 5.41) is 22.2. The number of alkyl halides is 3. The predicted octanol–water partition coefficient (Wildman–Crippen LogP) is 4.08. The van der Waals surface area contributed by atoms with Crippen molar-refractivity contribution < 1.29 is 51.8 Å². The van der Waals surface area contributed by atoms with Gasteiger partial charge >= 0.3 is 6.18 Å². The van der Waals surface area contributed by atoms with Gasteiger partial charge in [-0.3, -0.25) is 33.6 Å². The average molecular weight is 967 g/mol. The summed E-state index contributed by atoms with van der Waals surface area (Å²) in [7, 11) is 2.78. The third-order valence-corrected chi connectivity index (χ3v) is 13.2. The lowest BCUT2D eigenvalue weighted by Crippen LogP contribution is -2.64. The molecule has 2 aromatic rings. The largest absolute Gasteiger partial charge is 0.426 e. The van der Waals surface area contributed by atoms with E-state index in [2.05, 4.69) is 21.3 Å². The van der Waals surface area contributed by atoms with Crippen molar-refractivity contribution in [3.63, 3.8) is 0 Å². The molecule has 0 radical (unpaired) electrons. The van der Waals surface area contributed by atoms with Gasteiger partial charge in [0.1, 0.15) is 35.7 Å². The van der Waals surface area contributed by atoms with Crippen LogP contribution in [0.3, 0.4) is 0 Å². The Bertz CT molecular complexity index is 2190. The second kappa shape index (κ2) is 20.9. The SMILES string of the molecule is CC(C)C[C@@H]1NC(=O)[C@@H](N(C)C(=O)[C@@H](NC(=O)[C@@H]2Cc3ccccc3CN2C(=O)[C@@](C)(O)C(F)(F)F)C2CC2)CCCCNC(=O)C(C)(C)NC(=O)[C@H](Cc2cc(Cl)ccc2Cl)N(C)C1=O. The lowest BCUT2D eigenvalue weighted by atomic mass is 9.91. The standard InChI is InChI=1S/C46H60Cl2F3N7O8/c1-25(2)20-32-40(62)57(7)34(23-29-21-30(47)17-18-31(29)48)39(61)55-44(3,4)42(64)52-19-11-10-14-33(37(59)53-32)56(6)41(63)36(26-15-16-26)54-38(60)35-22-27-12-8-9-13-28(27)24-58(35)43(65)45(5,66)46(49,50)51/h8-9,12-13,17-18,21,25-26,32-36,66H,10-11,14-16,19-20,22-24H2,1-7H3,(H,52,64)(H,53,59)(H,54,60)(H,55,61)/t32-,33-,34-,35-,36-,45+/m0/s1. The molecule has 7 amide bonds. The first-order valence-corrected chi connectivity index (χ1v) is 22.9. The average Bonchev–Trinajstić information content (AvgIpc) is 4.09. The molecule has 0 spiro atoms. The normalized spacial score (nSPS) is 23.7. The van der Waals surface area contributed by atoms with Crippen molar-refractivity contribution in [2.24, 2.45) is 11.8 Å². The molecule has 15 nitrogen and oxygen atoms in total. The minimum Gasteiger partial charge on any atom is -0.373 e. The zero-order valence-electron chi connectivity index (χ0n) is 38.2. The molecule has 20 heteroatoms. The van der Waals surface area contributed by atoms with Crippen molar-refractivity contribution in [2.75, 3.05) is 20.6 Å². The van der Waals surface area contributed by atoms with Crippen LogP contribution in [-0.2, 0) is 52.9 Å². The van der Waals surface area contributed by atoms with Crippen LogP contribution < -0.4 is 21.3 Å². The second-order valence-corrected chi connectivity index (χ2v) is 19.6. The number of carbonyl (C=O) groups excluding carboxylic acids is 7. The van der Waals surface area contributed by atoms with Gasteiger partial charge in [0.15, 0.2) is 0 Å². The number of amides is 7. The Hall–Kier alpha value is -4.94. The number of halogens is 5. The molecule has 5 rings (SSSR count). The summed E-state index contributed by atoms with van der Waals surface area (Å²) in [6, 6.07) is 4.83. The van der Waals surface area contributed by atoms with Crippen molar-refractivity contribution in [1.29, 1.82) is 0 Å². The molecule has 1 saturated carbocycles. The van der Waals surface area contributed by atoms with Gasteiger partial charge in [0.25, 0.3) is 5.91 Å². The number of fused-ring (bicyclic) bond motifs is 1. The molecule has 0 unspecified atom stereocenters. The number of likely N-dealkylation sites (N-methyl/N-ethyl adjacent to an activating group) is 2. The topological polar surface area (TPSA) is 198 Å². The van der Waals surface area contributed by atoms with Crippen molar-refractivity contribution in [3.8, 4) is 0 Å². The van der Waals surface area contributed by atoms with E-state index in [0.717, 1.165) is 0 Å². The Morgan fingerprint density at radius 3 is 2.26 bits per heavy atom. The minimum absolute atomic E-state index is 0.0535. The Kier molecular flexibility index (Phi) is 16.5. The van der Waals surface area contributed by atoms with Crippen LogP contribution in [0.15, 0.2) is 42.5 Å². The lowest BCUT2D eigenvalue weighted by Gasteiger charge is -2.40. The number of hydrogen-bond donors (Lipinski definition) is 5. The summed E-state index contributed by atoms with van der Waals surface area (Å²) in [4.78, 5) is 102. The van der Waals surface area contributed by atoms with Gasteiger partial charge in [-0.25, -0.2) is 0 Å². The van der Waals surface area contributed by atoms with E-state index in [1.54, 1.807) is 42.5 Å². The second-order valence-electron chi connectivity index (χ2n) is 18.7. The molecule has 1 saturated heterocycles. The van der Waals surface area contributed by atoms with E-state index in [9.17, 15) is 51.8 Å². The summed E-state index contributed by atoms with van der Waals surface area (Å²) < 4.78 is 41.9. The van der Waals surface area contributed by atoms with E-state index in [1.807, 2.05) is 13.8 Å². The van der Waals surface area contributed by atoms with Crippen LogP contribution >= 0.6 is 23.2 Å². The van der Waals surface area contributed by atoms with Gasteiger partial charge in [0, 0.05) is 50.1 Å². The van der Waals surface area contributed by atoms with Crippen LogP contribution in [0.5, 0.6) is 0 Å². The van der Waals surface area contributed by atoms with E-state index in [-0.39, 0.29) is 43.2 Å². The summed E-state index contributed by atoms with van der Waals surface area (Å²) in [6.07, 6.45) is -3.85. The van der Waals surface area contributed by atoms with Crippen LogP contribution in [0, 0.1) is 11.8 Å². The summed E-state index contributed by atoms with van der Waals surface area (Å²) >= 11 is 12.8. The van der Waals surface area contributed by atoms with E-state index < -0.39 is 101 Å². The molecule has 2 aromatic carbocycles. The zero-order chi connectivity index (χ0) is 49.1. The van der Waals surface area contributed by atoms with Gasteiger partial charge in [0.2, 0.25) is 41.0 Å². The van der Waals surface area contributed by atoms with Crippen molar-refractivity contribution in [2.45, 2.75) is 140 Å². The third-order valence-electron chi connectivity index (χ3n) is 12.6. The van der Waals surface area contributed by atoms with Crippen LogP contribution in [-0.4, -0.2) is 129 Å². The van der Waals surface area contributed by atoms with Gasteiger partial charge in [-0.2, -0.15) is 13.2 Å². The third kappa shape index (κ3) is 12.1. The Labute approximate surface area is 392 Å². The van der Waals surface area contributed by atoms with Crippen LogP contribution in [0.2, 0.25) is 10.0 Å². The maximum Gasteiger partial charge on any atom is 0.426 e. The molecule has 0 bridgehead atoms. The molecule has 66 heavy (non-hydrogen) atoms. The fraction of sp³-hybridized carbons (Fsp3) is 0.587. The van der Waals surface area contributed by atoms with Gasteiger partial charge < -0.3 is 41.1 Å². The Morgan fingerprint density at radius 2 is 1.64 bits per heavy atom. The summed E-state index contributed by atoms with van der Waals surface area (Å²) in [6.45, 7) is 6.79. The fourth-order valence-corrected chi connectivity index (χ4v) is 8.70. The lowest BCUT2D eigenvalue weighted by molar-refractivity contribution is -0.251. The maximum atomic E-state index is 14.6. The maximum absolute atomic E-state index is 14.6. The monoisotopic (exact) mass is 965 g/mol. The summed E-state index contributed by atoms with van der Waals surface area (Å²) in [5.74, 6) is -6.42. The number of rotatable bonds is 10. The van der Waals surface area contributed by atoms with Crippen LogP contribution in [0.4, 0.5) is 13.2 Å². The Morgan fingerprint density at radius 1 is 0.985 bits per heavy atom. The molecule has 3 aliphatic rings. The zero-order valence-corrected chi connectivity index (χ0v) is 39.7. The van der Waals surface area contributed by atoms with Gasteiger partial charge in [-0.05, 0) is 106 Å². The fourth-order valence-electron chi connectivity index (χ4n) is 8.31. The van der Waals surface area contributed by atoms with Crippen molar-refractivity contribution in [1.82, 2.24) is 36.0 Å². The van der Waals surface area contributed by atoms with E-state index >= 15 is 0 Å². The number of nitrogens with zero attached hydrogens (tertiary/aromatic N) is 3. The minimum atomic E-state index is -5.36. The highest BCUT2D eigenvalue weighted by Crippen LogP contribution is 2.37. The highest BCUT2D eigenvalue weighted by atomic mass is 35.5. The number of benzene rings is 2. The summed E-state index contributed by atoms with van der Waals surface area (Å²) in [5.41, 5.74) is -3.72. The van der Waals surface area contributed by atoms with Gasteiger partial charge in [0.05, 0.1) is 0 Å². The van der Waals surface area contributed by atoms with Gasteiger partial charge in [-0.1, -0.05) is 61.3 Å². The molecule has 2 aliphatic heterocycles. The van der Waals surface area contributed by atoms with E-state index in [1.165, 1.54) is 37.7 Å². The molecule has 5 N–H and O–H groups in total. The highest BCUT2D eigenvalue weighted by molar-refractivity contribution is 6.33. The molecular formula is C46H60Cl2F3N7O8. The quantitative estimate of drug-likeness (QED) is 0.235. The van der Waals surface area contributed by atoms with E-state index in [4.69, 9.17) is 23.2 Å². The Balaban J connectivity index is 1.45. The van der Waals surface area contributed by atoms with Crippen molar-refractivity contribution >= 4 is 64.6 Å². The molecule has 2 heterocycles. The molecule has 6 atom stereocenters. The molecular weight excluding hydrogens is 906 g/mol. The first kappa shape index (κ1) is 52.0. The van der Waals surface area contributed by atoms with E-state index in [0.29, 0.717) is 59.2 Å². The first-order chi connectivity index (χ1) is 30.7. The van der Waals surface area contributed by atoms with Crippen LogP contribution in [0.1, 0.15) is 89.8 Å². The number of nitrogens with one attached hydrogen (secondary N) is 4. The number of aliphatic hydroxyl groups is 1. The smallest absolute Gasteiger partial charge is 0.373 e. The van der Waals surface area contributed by atoms with Crippen molar-refractivity contribution in [3.05, 3.63) is 69.2 Å². The highest BCUT2D eigenvalue weighted by Gasteiger charge is 2.59. The van der Waals surface area contributed by atoms with Crippen LogP contribution in [0.25, 0.3) is 0 Å². The molecule has 0 aromatic heterocycles. The number of hydrogen-bond acceptors (Lipinski definition) is 8. The number of carbonyl (C=O) groups is 7. The first-order valence-electron chi connectivity index (χ1n) is 22.1. The van der Waals surface area contributed by atoms with Gasteiger partial charge in [-0.15, -0.1) is 0 Å². The molecule has 2 fully saturated rings.